The third kappa shape index (κ3) is 3.21. The maximum Gasteiger partial charge on any atom is 0.255 e. The molecule has 1 aromatic carbocycles. The highest BCUT2D eigenvalue weighted by Crippen LogP contribution is 2.21. The lowest BCUT2D eigenvalue weighted by Crippen LogP contribution is -2.37. The first-order valence-corrected chi connectivity index (χ1v) is 5.33. The molecule has 4 N–H and O–H groups in total. The van der Waals surface area contributed by atoms with Crippen LogP contribution in [0.15, 0.2) is 22.7 Å². The van der Waals surface area contributed by atoms with E-state index in [4.69, 9.17) is 5.73 Å². The summed E-state index contributed by atoms with van der Waals surface area (Å²) in [5.74, 6) is -0.369. The molecule has 5 heteroatoms. The standard InChI is InChI=1S/C10H13BrN2O2/c1-6(5-12)13-10(15)8-4-7(11)2-3-9(8)14/h2-4,6,14H,5,12H2,1H3,(H,13,15)/t6-/m0/s1. The number of benzene rings is 1. The molecule has 1 rings (SSSR count). The molecule has 0 fully saturated rings. The number of rotatable bonds is 3. The highest BCUT2D eigenvalue weighted by Gasteiger charge is 2.13. The van der Waals surface area contributed by atoms with E-state index in [0.29, 0.717) is 6.54 Å². The predicted molar refractivity (Wildman–Crippen MR) is 61.8 cm³/mol. The molecule has 0 saturated heterocycles. The van der Waals surface area contributed by atoms with Crippen molar-refractivity contribution < 1.29 is 9.90 Å². The Bertz CT molecular complexity index is 368. The van der Waals surface area contributed by atoms with Crippen molar-refractivity contribution in [2.75, 3.05) is 6.54 Å². The zero-order chi connectivity index (χ0) is 11.4. The molecule has 1 aromatic rings. The third-order valence-electron chi connectivity index (χ3n) is 1.93. The fourth-order valence-corrected chi connectivity index (χ4v) is 1.41. The third-order valence-corrected chi connectivity index (χ3v) is 2.43. The van der Waals surface area contributed by atoms with Gasteiger partial charge in [0, 0.05) is 17.1 Å². The molecule has 0 unspecified atom stereocenters. The lowest BCUT2D eigenvalue weighted by molar-refractivity contribution is 0.0938. The molecule has 4 nitrogen and oxygen atoms in total. The number of nitrogens with one attached hydrogen (secondary N) is 1. The van der Waals surface area contributed by atoms with Gasteiger partial charge >= 0.3 is 0 Å². The lowest BCUT2D eigenvalue weighted by atomic mass is 10.2. The van der Waals surface area contributed by atoms with Crippen LogP contribution in [0.5, 0.6) is 5.75 Å². The van der Waals surface area contributed by atoms with E-state index in [9.17, 15) is 9.90 Å². The second-order valence-electron chi connectivity index (χ2n) is 3.27. The first-order valence-electron chi connectivity index (χ1n) is 4.54. The van der Waals surface area contributed by atoms with Crippen molar-refractivity contribution >= 4 is 21.8 Å². The largest absolute Gasteiger partial charge is 0.507 e. The number of carbonyl (C=O) groups is 1. The molecule has 0 aliphatic heterocycles. The summed E-state index contributed by atoms with van der Waals surface area (Å²) in [7, 11) is 0. The first kappa shape index (κ1) is 12.0. The summed E-state index contributed by atoms with van der Waals surface area (Å²) in [6.07, 6.45) is 0. The number of hydrogen-bond acceptors (Lipinski definition) is 3. The molecule has 1 amide bonds. The van der Waals surface area contributed by atoms with Gasteiger partial charge in [0.05, 0.1) is 5.56 Å². The van der Waals surface area contributed by atoms with Gasteiger partial charge in [0.25, 0.3) is 5.91 Å². The molecule has 0 aliphatic carbocycles. The van der Waals surface area contributed by atoms with E-state index < -0.39 is 0 Å². The molecule has 82 valence electrons. The van der Waals surface area contributed by atoms with Gasteiger partial charge in [-0.15, -0.1) is 0 Å². The molecule has 0 bridgehead atoms. The van der Waals surface area contributed by atoms with E-state index in [1.807, 2.05) is 0 Å². The van der Waals surface area contributed by atoms with E-state index >= 15 is 0 Å². The normalized spacial score (nSPS) is 12.2. The predicted octanol–water partition coefficient (Wildman–Crippen LogP) is 1.23. The summed E-state index contributed by atoms with van der Waals surface area (Å²) in [6, 6.07) is 4.58. The van der Waals surface area contributed by atoms with E-state index in [-0.39, 0.29) is 23.3 Å². The Morgan fingerprint density at radius 3 is 2.93 bits per heavy atom. The number of hydrogen-bond donors (Lipinski definition) is 3. The van der Waals surface area contributed by atoms with Crippen LogP contribution < -0.4 is 11.1 Å². The van der Waals surface area contributed by atoms with Crippen LogP contribution in [0.2, 0.25) is 0 Å². The van der Waals surface area contributed by atoms with Gasteiger partial charge in [-0.2, -0.15) is 0 Å². The van der Waals surface area contributed by atoms with Crippen LogP contribution in [0, 0.1) is 0 Å². The van der Waals surface area contributed by atoms with Crippen LogP contribution in [0.4, 0.5) is 0 Å². The number of carbonyl (C=O) groups excluding carboxylic acids is 1. The maximum absolute atomic E-state index is 11.6. The van der Waals surface area contributed by atoms with Crippen LogP contribution in [-0.2, 0) is 0 Å². The summed E-state index contributed by atoms with van der Waals surface area (Å²) in [5.41, 5.74) is 5.62. The molecule has 0 radical (unpaired) electrons. The average Bonchev–Trinajstić information content (AvgIpc) is 2.21. The zero-order valence-electron chi connectivity index (χ0n) is 8.33. The zero-order valence-corrected chi connectivity index (χ0v) is 9.91. The first-order chi connectivity index (χ1) is 7.04. The number of nitrogens with two attached hydrogens (primary N) is 1. The Morgan fingerprint density at radius 1 is 1.67 bits per heavy atom. The minimum Gasteiger partial charge on any atom is -0.507 e. The Hall–Kier alpha value is -1.07. The van der Waals surface area contributed by atoms with Crippen LogP contribution in [0.3, 0.4) is 0 Å². The van der Waals surface area contributed by atoms with Crippen molar-refractivity contribution in [3.63, 3.8) is 0 Å². The van der Waals surface area contributed by atoms with E-state index in [0.717, 1.165) is 4.47 Å². The number of amides is 1. The molecule has 0 saturated carbocycles. The Kier molecular flexibility index (Phi) is 4.11. The van der Waals surface area contributed by atoms with Gasteiger partial charge < -0.3 is 16.2 Å². The van der Waals surface area contributed by atoms with Crippen molar-refractivity contribution in [1.82, 2.24) is 5.32 Å². The smallest absolute Gasteiger partial charge is 0.255 e. The molecule has 15 heavy (non-hydrogen) atoms. The minimum atomic E-state index is -0.327. The van der Waals surface area contributed by atoms with Crippen molar-refractivity contribution in [2.45, 2.75) is 13.0 Å². The van der Waals surface area contributed by atoms with Crippen molar-refractivity contribution in [2.24, 2.45) is 5.73 Å². The van der Waals surface area contributed by atoms with Gasteiger partial charge in [-0.25, -0.2) is 0 Å². The van der Waals surface area contributed by atoms with Gasteiger partial charge in [-0.3, -0.25) is 4.79 Å². The van der Waals surface area contributed by atoms with Crippen LogP contribution in [0.1, 0.15) is 17.3 Å². The van der Waals surface area contributed by atoms with Gasteiger partial charge in [0.15, 0.2) is 0 Å². The maximum atomic E-state index is 11.6. The second-order valence-corrected chi connectivity index (χ2v) is 4.19. The Labute approximate surface area is 96.6 Å². The SMILES string of the molecule is C[C@@H](CN)NC(=O)c1cc(Br)ccc1O. The molecule has 1 atom stereocenters. The van der Waals surface area contributed by atoms with E-state index in [1.54, 1.807) is 19.1 Å². The fourth-order valence-electron chi connectivity index (χ4n) is 1.05. The second kappa shape index (κ2) is 5.14. The molecule has 0 spiro atoms. The van der Waals surface area contributed by atoms with Gasteiger partial charge in [-0.05, 0) is 25.1 Å². The van der Waals surface area contributed by atoms with Gasteiger partial charge in [0.2, 0.25) is 0 Å². The monoisotopic (exact) mass is 272 g/mol. The van der Waals surface area contributed by atoms with Crippen LogP contribution >= 0.6 is 15.9 Å². The molecular formula is C10H13BrN2O2. The minimum absolute atomic E-state index is 0.0417. The summed E-state index contributed by atoms with van der Waals surface area (Å²) in [6.45, 7) is 2.16. The summed E-state index contributed by atoms with van der Waals surface area (Å²) < 4.78 is 0.742. The number of phenolic OH excluding ortho intramolecular Hbond substituents is 1. The highest BCUT2D eigenvalue weighted by atomic mass is 79.9. The summed E-state index contributed by atoms with van der Waals surface area (Å²) in [4.78, 5) is 11.6. The van der Waals surface area contributed by atoms with E-state index in [2.05, 4.69) is 21.2 Å². The van der Waals surface area contributed by atoms with Crippen molar-refractivity contribution in [3.05, 3.63) is 28.2 Å². The number of phenols is 1. The number of aromatic hydroxyl groups is 1. The molecule has 0 aliphatic rings. The van der Waals surface area contributed by atoms with Crippen molar-refractivity contribution in [3.8, 4) is 5.75 Å². The van der Waals surface area contributed by atoms with E-state index in [1.165, 1.54) is 6.07 Å². The quantitative estimate of drug-likeness (QED) is 0.775. The van der Waals surface area contributed by atoms with Crippen molar-refractivity contribution in [1.29, 1.82) is 0 Å². The van der Waals surface area contributed by atoms with Gasteiger partial charge in [0.1, 0.15) is 5.75 Å². The topological polar surface area (TPSA) is 75.3 Å². The molecular weight excluding hydrogens is 260 g/mol. The Balaban J connectivity index is 2.86. The average molecular weight is 273 g/mol. The molecule has 0 heterocycles. The number of halogens is 1. The molecule has 0 aromatic heterocycles. The highest BCUT2D eigenvalue weighted by molar-refractivity contribution is 9.10. The van der Waals surface area contributed by atoms with Gasteiger partial charge in [-0.1, -0.05) is 15.9 Å². The Morgan fingerprint density at radius 2 is 2.33 bits per heavy atom. The van der Waals surface area contributed by atoms with Crippen LogP contribution in [-0.4, -0.2) is 23.6 Å². The summed E-state index contributed by atoms with van der Waals surface area (Å²) >= 11 is 3.23. The van der Waals surface area contributed by atoms with Crippen LogP contribution in [0.25, 0.3) is 0 Å². The fraction of sp³-hybridized carbons (Fsp3) is 0.300. The lowest BCUT2D eigenvalue weighted by Gasteiger charge is -2.12. The summed E-state index contributed by atoms with van der Waals surface area (Å²) in [5, 5.41) is 12.1.